The quantitative estimate of drug-likeness (QED) is 0.306. The maximum Gasteiger partial charge on any atom is 0.338 e. The summed E-state index contributed by atoms with van der Waals surface area (Å²) in [5.41, 5.74) is 1.08. The number of rotatable bonds is 7. The summed E-state index contributed by atoms with van der Waals surface area (Å²) < 4.78 is 22.5. The molecule has 0 fully saturated rings. The molecule has 0 saturated carbocycles. The van der Waals surface area contributed by atoms with Crippen molar-refractivity contribution in [3.63, 3.8) is 0 Å². The van der Waals surface area contributed by atoms with Gasteiger partial charge in [-0.3, -0.25) is 23.7 Å². The summed E-state index contributed by atoms with van der Waals surface area (Å²) >= 11 is 1.09. The molecule has 0 radical (unpaired) electrons. The van der Waals surface area contributed by atoms with Crippen LogP contribution in [-0.2, 0) is 23.9 Å². The van der Waals surface area contributed by atoms with Crippen LogP contribution in [0.1, 0.15) is 51.8 Å². The van der Waals surface area contributed by atoms with Gasteiger partial charge in [-0.25, -0.2) is 9.79 Å². The molecule has 2 aromatic carbocycles. The average Bonchev–Trinajstić information content (AvgIpc) is 3.18. The van der Waals surface area contributed by atoms with Crippen molar-refractivity contribution < 1.29 is 38.1 Å². The van der Waals surface area contributed by atoms with E-state index in [2.05, 4.69) is 4.99 Å². The SMILES string of the molecule is CCOC(=O)C1=C(C)N=c2sc(=Cc3ccc(OC(C)=O)cc3OC(C)=O)c(=O)n2[C@H]1c1ccc(OC(C)=O)cc1. The third-order valence-electron chi connectivity index (χ3n) is 5.76. The van der Waals surface area contributed by atoms with Crippen LogP contribution in [0.4, 0.5) is 0 Å². The number of hydrogen-bond acceptors (Lipinski definition) is 11. The molecular formula is C29H26N2O9S. The van der Waals surface area contributed by atoms with Crippen molar-refractivity contribution in [3.8, 4) is 17.2 Å². The number of hydrogen-bond donors (Lipinski definition) is 0. The van der Waals surface area contributed by atoms with E-state index in [1.54, 1.807) is 44.2 Å². The van der Waals surface area contributed by atoms with E-state index in [0.29, 0.717) is 27.4 Å². The number of aromatic nitrogens is 1. The Hall–Kier alpha value is -4.84. The number of ether oxygens (including phenoxy) is 4. The van der Waals surface area contributed by atoms with Crippen LogP contribution in [0.2, 0.25) is 0 Å². The van der Waals surface area contributed by atoms with Gasteiger partial charge in [0.15, 0.2) is 4.80 Å². The molecule has 0 bridgehead atoms. The second kappa shape index (κ2) is 12.1. The summed E-state index contributed by atoms with van der Waals surface area (Å²) in [6.45, 7) is 7.22. The lowest BCUT2D eigenvalue weighted by Gasteiger charge is -2.24. The molecule has 1 aliphatic heterocycles. The van der Waals surface area contributed by atoms with Gasteiger partial charge in [-0.15, -0.1) is 0 Å². The van der Waals surface area contributed by atoms with Crippen molar-refractivity contribution >= 4 is 41.3 Å². The molecule has 1 aliphatic rings. The summed E-state index contributed by atoms with van der Waals surface area (Å²) in [7, 11) is 0. The number of benzene rings is 2. The van der Waals surface area contributed by atoms with E-state index in [1.807, 2.05) is 0 Å². The molecule has 41 heavy (non-hydrogen) atoms. The number of thiazole rings is 1. The molecule has 0 amide bonds. The van der Waals surface area contributed by atoms with E-state index in [1.165, 1.54) is 43.5 Å². The maximum atomic E-state index is 13.9. The van der Waals surface area contributed by atoms with Gasteiger partial charge in [-0.1, -0.05) is 23.5 Å². The fourth-order valence-electron chi connectivity index (χ4n) is 4.24. The van der Waals surface area contributed by atoms with Gasteiger partial charge in [0.1, 0.15) is 17.2 Å². The van der Waals surface area contributed by atoms with Gasteiger partial charge in [-0.2, -0.15) is 0 Å². The first-order valence-electron chi connectivity index (χ1n) is 12.5. The number of carbonyl (C=O) groups is 4. The zero-order valence-corrected chi connectivity index (χ0v) is 23.7. The Bertz CT molecular complexity index is 1760. The highest BCUT2D eigenvalue weighted by Crippen LogP contribution is 2.32. The zero-order valence-electron chi connectivity index (χ0n) is 22.9. The number of fused-ring (bicyclic) bond motifs is 1. The molecule has 0 spiro atoms. The van der Waals surface area contributed by atoms with Gasteiger partial charge >= 0.3 is 23.9 Å². The molecule has 12 heteroatoms. The van der Waals surface area contributed by atoms with Crippen LogP contribution >= 0.6 is 11.3 Å². The van der Waals surface area contributed by atoms with Crippen LogP contribution < -0.4 is 29.1 Å². The van der Waals surface area contributed by atoms with E-state index in [-0.39, 0.29) is 28.2 Å². The van der Waals surface area contributed by atoms with Gasteiger partial charge in [-0.05, 0) is 49.8 Å². The van der Waals surface area contributed by atoms with Crippen LogP contribution in [0, 0.1) is 0 Å². The Morgan fingerprint density at radius 1 is 0.927 bits per heavy atom. The van der Waals surface area contributed by atoms with Crippen molar-refractivity contribution in [2.75, 3.05) is 6.61 Å². The Morgan fingerprint density at radius 3 is 2.15 bits per heavy atom. The molecule has 1 aromatic heterocycles. The number of esters is 4. The maximum absolute atomic E-state index is 13.9. The third kappa shape index (κ3) is 6.49. The van der Waals surface area contributed by atoms with Crippen LogP contribution in [0.3, 0.4) is 0 Å². The molecule has 0 aliphatic carbocycles. The normalized spacial score (nSPS) is 14.6. The van der Waals surface area contributed by atoms with Crippen molar-refractivity contribution in [2.24, 2.45) is 4.99 Å². The first-order chi connectivity index (χ1) is 19.5. The Labute approximate surface area is 237 Å². The monoisotopic (exact) mass is 578 g/mol. The molecule has 212 valence electrons. The highest BCUT2D eigenvalue weighted by molar-refractivity contribution is 7.07. The zero-order chi connectivity index (χ0) is 29.8. The van der Waals surface area contributed by atoms with E-state index in [4.69, 9.17) is 18.9 Å². The molecular weight excluding hydrogens is 552 g/mol. The van der Waals surface area contributed by atoms with Crippen molar-refractivity contribution in [1.82, 2.24) is 4.57 Å². The number of carbonyl (C=O) groups excluding carboxylic acids is 4. The summed E-state index contributed by atoms with van der Waals surface area (Å²) in [6, 6.07) is 10.0. The first kappa shape index (κ1) is 29.2. The minimum Gasteiger partial charge on any atom is -0.463 e. The molecule has 3 aromatic rings. The molecule has 0 saturated heterocycles. The number of allylic oxidation sites excluding steroid dienone is 1. The predicted molar refractivity (Wildman–Crippen MR) is 147 cm³/mol. The largest absolute Gasteiger partial charge is 0.463 e. The number of nitrogens with zero attached hydrogens (tertiary/aromatic N) is 2. The first-order valence-corrected chi connectivity index (χ1v) is 13.3. The average molecular weight is 579 g/mol. The predicted octanol–water partition coefficient (Wildman–Crippen LogP) is 2.57. The third-order valence-corrected chi connectivity index (χ3v) is 6.74. The Kier molecular flexibility index (Phi) is 8.62. The highest BCUT2D eigenvalue weighted by Gasteiger charge is 2.33. The molecule has 11 nitrogen and oxygen atoms in total. The lowest BCUT2D eigenvalue weighted by atomic mass is 9.96. The van der Waals surface area contributed by atoms with E-state index < -0.39 is 35.5 Å². The van der Waals surface area contributed by atoms with Gasteiger partial charge in [0.05, 0.1) is 28.5 Å². The lowest BCUT2D eigenvalue weighted by Crippen LogP contribution is -2.39. The summed E-state index contributed by atoms with van der Waals surface area (Å²) in [6.07, 6.45) is 1.53. The summed E-state index contributed by atoms with van der Waals surface area (Å²) in [5, 5.41) is 0. The van der Waals surface area contributed by atoms with Crippen LogP contribution in [0.5, 0.6) is 17.2 Å². The van der Waals surface area contributed by atoms with E-state index in [0.717, 1.165) is 11.3 Å². The van der Waals surface area contributed by atoms with Gasteiger partial charge in [0.25, 0.3) is 5.56 Å². The minimum absolute atomic E-state index is 0.0862. The fraction of sp³-hybridized carbons (Fsp3) is 0.241. The van der Waals surface area contributed by atoms with Crippen LogP contribution in [-0.4, -0.2) is 35.1 Å². The smallest absolute Gasteiger partial charge is 0.338 e. The minimum atomic E-state index is -0.877. The van der Waals surface area contributed by atoms with E-state index in [9.17, 15) is 24.0 Å². The molecule has 0 N–H and O–H groups in total. The van der Waals surface area contributed by atoms with Crippen LogP contribution in [0.15, 0.2) is 63.5 Å². The van der Waals surface area contributed by atoms with Gasteiger partial charge in [0, 0.05) is 32.4 Å². The second-order valence-electron chi connectivity index (χ2n) is 8.85. The Morgan fingerprint density at radius 2 is 1.54 bits per heavy atom. The van der Waals surface area contributed by atoms with Crippen molar-refractivity contribution in [1.29, 1.82) is 0 Å². The standard InChI is InChI=1S/C29H26N2O9S/c1-6-37-28(36)25-15(2)30-29-31(26(25)19-7-10-21(11-8-19)38-16(3)32)27(35)24(41-29)13-20-9-12-22(39-17(4)33)14-23(20)40-18(5)34/h7-14,26H,6H2,1-5H3/t26-/m0/s1. The van der Waals surface area contributed by atoms with Gasteiger partial charge < -0.3 is 18.9 Å². The van der Waals surface area contributed by atoms with Crippen molar-refractivity contribution in [3.05, 3.63) is 84.5 Å². The topological polar surface area (TPSA) is 140 Å². The summed E-state index contributed by atoms with van der Waals surface area (Å²) in [4.78, 5) is 66.3. The van der Waals surface area contributed by atoms with Crippen molar-refractivity contribution in [2.45, 2.75) is 40.7 Å². The van der Waals surface area contributed by atoms with Crippen LogP contribution in [0.25, 0.3) is 6.08 Å². The molecule has 1 atom stereocenters. The molecule has 2 heterocycles. The second-order valence-corrected chi connectivity index (χ2v) is 9.86. The lowest BCUT2D eigenvalue weighted by molar-refractivity contribution is -0.139. The Balaban J connectivity index is 1.90. The van der Waals surface area contributed by atoms with E-state index >= 15 is 0 Å². The fourth-order valence-corrected chi connectivity index (χ4v) is 5.28. The molecule has 4 rings (SSSR count). The highest BCUT2D eigenvalue weighted by atomic mass is 32.1. The molecule has 0 unspecified atom stereocenters. The van der Waals surface area contributed by atoms with Gasteiger partial charge in [0.2, 0.25) is 0 Å². The summed E-state index contributed by atoms with van der Waals surface area (Å²) in [5.74, 6) is -1.69.